The van der Waals surface area contributed by atoms with Gasteiger partial charge in [-0.3, -0.25) is 9.69 Å². The Balaban J connectivity index is 1.88. The van der Waals surface area contributed by atoms with Crippen LogP contribution in [0.15, 0.2) is 65.4 Å². The Bertz CT molecular complexity index is 1380. The van der Waals surface area contributed by atoms with E-state index in [-0.39, 0.29) is 17.1 Å². The molecule has 0 atom stereocenters. The van der Waals surface area contributed by atoms with Gasteiger partial charge in [-0.2, -0.15) is 0 Å². The fraction of sp³-hybridized carbons (Fsp3) is 0.185. The molecule has 4 rings (SSSR count). The molecule has 1 amide bonds. The molecule has 0 spiro atoms. The first-order valence-electron chi connectivity index (χ1n) is 10.7. The molecule has 0 bridgehead atoms. The third-order valence-electron chi connectivity index (χ3n) is 6.02. The van der Waals surface area contributed by atoms with E-state index in [2.05, 4.69) is 23.6 Å². The number of nitrogens with zero attached hydrogens (tertiary/aromatic N) is 2. The number of methoxy groups -OCH3 is 1. The minimum atomic E-state index is -0.583. The van der Waals surface area contributed by atoms with Gasteiger partial charge in [-0.05, 0) is 75.2 Å². The molecular weight excluding hydrogens is 471 g/mol. The predicted octanol–water partition coefficient (Wildman–Crippen LogP) is 6.59. The topological polar surface area (TPSA) is 51.5 Å². The van der Waals surface area contributed by atoms with E-state index in [0.29, 0.717) is 21.4 Å². The van der Waals surface area contributed by atoms with Crippen LogP contribution in [-0.2, 0) is 14.3 Å². The van der Waals surface area contributed by atoms with Crippen LogP contribution in [-0.4, -0.2) is 23.6 Å². The highest BCUT2D eigenvalue weighted by Crippen LogP contribution is 2.38. The number of hydrogen-bond donors (Lipinski definition) is 0. The number of aromatic nitrogens is 1. The summed E-state index contributed by atoms with van der Waals surface area (Å²) in [5.41, 5.74) is 6.41. The van der Waals surface area contributed by atoms with Crippen LogP contribution in [0, 0.1) is 20.8 Å². The summed E-state index contributed by atoms with van der Waals surface area (Å²) >= 11 is 12.4. The zero-order chi connectivity index (χ0) is 24.7. The van der Waals surface area contributed by atoms with Gasteiger partial charge in [-0.25, -0.2) is 4.79 Å². The van der Waals surface area contributed by atoms with E-state index >= 15 is 0 Å². The maximum absolute atomic E-state index is 13.6. The van der Waals surface area contributed by atoms with Gasteiger partial charge in [-0.1, -0.05) is 41.4 Å². The van der Waals surface area contributed by atoms with E-state index < -0.39 is 5.97 Å². The number of allylic oxidation sites excluding steroid dienone is 1. The Morgan fingerprint density at radius 2 is 1.62 bits per heavy atom. The first kappa shape index (κ1) is 23.9. The van der Waals surface area contributed by atoms with E-state index in [1.807, 2.05) is 32.0 Å². The van der Waals surface area contributed by atoms with Crippen molar-refractivity contribution < 1.29 is 14.3 Å². The van der Waals surface area contributed by atoms with Crippen LogP contribution in [0.4, 0.5) is 5.69 Å². The van der Waals surface area contributed by atoms with E-state index in [1.165, 1.54) is 12.0 Å². The number of benzene rings is 2. The van der Waals surface area contributed by atoms with E-state index in [1.54, 1.807) is 31.2 Å². The summed E-state index contributed by atoms with van der Waals surface area (Å²) in [6.45, 7) is 7.77. The number of halogens is 2. The second-order valence-corrected chi connectivity index (χ2v) is 9.10. The van der Waals surface area contributed by atoms with Gasteiger partial charge < -0.3 is 9.30 Å². The first-order valence-corrected chi connectivity index (χ1v) is 11.5. The van der Waals surface area contributed by atoms with Crippen molar-refractivity contribution in [3.05, 3.63) is 97.9 Å². The Kier molecular flexibility index (Phi) is 6.43. The second kappa shape index (κ2) is 9.16. The molecule has 1 aliphatic heterocycles. The van der Waals surface area contributed by atoms with Crippen LogP contribution in [0.25, 0.3) is 11.8 Å². The fourth-order valence-corrected chi connectivity index (χ4v) is 4.95. The maximum atomic E-state index is 13.6. The molecular formula is C27H24Cl2N2O3. The molecule has 5 nitrogen and oxygen atoms in total. The molecule has 1 aromatic heterocycles. The summed E-state index contributed by atoms with van der Waals surface area (Å²) in [5, 5.41) is 0.781. The van der Waals surface area contributed by atoms with Crippen LogP contribution >= 0.6 is 23.2 Å². The van der Waals surface area contributed by atoms with Crippen molar-refractivity contribution in [3.8, 4) is 5.69 Å². The Morgan fingerprint density at radius 1 is 0.971 bits per heavy atom. The summed E-state index contributed by atoms with van der Waals surface area (Å²) in [5.74, 6) is -0.933. The van der Waals surface area contributed by atoms with Crippen LogP contribution < -0.4 is 4.90 Å². The van der Waals surface area contributed by atoms with Gasteiger partial charge in [0.05, 0.1) is 23.9 Å². The molecule has 7 heteroatoms. The van der Waals surface area contributed by atoms with Crippen molar-refractivity contribution >= 4 is 46.8 Å². The third kappa shape index (κ3) is 4.06. The van der Waals surface area contributed by atoms with Crippen LogP contribution in [0.2, 0.25) is 10.0 Å². The largest absolute Gasteiger partial charge is 0.465 e. The summed E-state index contributed by atoms with van der Waals surface area (Å²) in [6.07, 6.45) is 1.75. The van der Waals surface area contributed by atoms with Crippen molar-refractivity contribution in [1.29, 1.82) is 0 Å². The first-order chi connectivity index (χ1) is 16.1. The van der Waals surface area contributed by atoms with E-state index in [9.17, 15) is 9.59 Å². The van der Waals surface area contributed by atoms with Crippen LogP contribution in [0.3, 0.4) is 0 Å². The molecule has 0 fully saturated rings. The second-order valence-electron chi connectivity index (χ2n) is 8.23. The SMILES string of the molecule is COC(=O)C1=C(C)N(c2cc(Cl)cc(Cl)c2)C(=O)/C1=C\c1cc(C)n(-c2ccccc2C)c1C. The number of aryl methyl sites for hydroxylation is 2. The molecule has 174 valence electrons. The number of hydrogen-bond acceptors (Lipinski definition) is 3. The minimum absolute atomic E-state index is 0.212. The molecule has 34 heavy (non-hydrogen) atoms. The van der Waals surface area contributed by atoms with Crippen molar-refractivity contribution in [3.63, 3.8) is 0 Å². The molecule has 3 aromatic rings. The maximum Gasteiger partial charge on any atom is 0.340 e. The van der Waals surface area contributed by atoms with Gasteiger partial charge in [0.2, 0.25) is 0 Å². The monoisotopic (exact) mass is 494 g/mol. The molecule has 0 unspecified atom stereocenters. The average Bonchev–Trinajstić information content (AvgIpc) is 3.19. The van der Waals surface area contributed by atoms with Gasteiger partial charge in [0, 0.05) is 32.8 Å². The fourth-order valence-electron chi connectivity index (χ4n) is 4.43. The minimum Gasteiger partial charge on any atom is -0.465 e. The lowest BCUT2D eigenvalue weighted by Gasteiger charge is -2.18. The van der Waals surface area contributed by atoms with E-state index in [4.69, 9.17) is 27.9 Å². The van der Waals surface area contributed by atoms with Crippen molar-refractivity contribution in [1.82, 2.24) is 4.57 Å². The van der Waals surface area contributed by atoms with Gasteiger partial charge >= 0.3 is 5.97 Å². The number of amides is 1. The number of carbonyl (C=O) groups excluding carboxylic acids is 2. The summed E-state index contributed by atoms with van der Waals surface area (Å²) in [7, 11) is 1.30. The van der Waals surface area contributed by atoms with Gasteiger partial charge in [0.1, 0.15) is 0 Å². The van der Waals surface area contributed by atoms with Gasteiger partial charge in [0.15, 0.2) is 0 Å². The lowest BCUT2D eigenvalue weighted by Crippen LogP contribution is -2.24. The number of rotatable bonds is 4. The molecule has 0 radical (unpaired) electrons. The average molecular weight is 495 g/mol. The molecule has 0 aliphatic carbocycles. The highest BCUT2D eigenvalue weighted by molar-refractivity contribution is 6.35. The zero-order valence-electron chi connectivity index (χ0n) is 19.6. The molecule has 1 aliphatic rings. The molecule has 0 N–H and O–H groups in total. The predicted molar refractivity (Wildman–Crippen MR) is 137 cm³/mol. The van der Waals surface area contributed by atoms with Crippen molar-refractivity contribution in [2.75, 3.05) is 12.0 Å². The summed E-state index contributed by atoms with van der Waals surface area (Å²) < 4.78 is 7.17. The number of para-hydroxylation sites is 1. The summed E-state index contributed by atoms with van der Waals surface area (Å²) in [4.78, 5) is 27.8. The normalized spacial score (nSPS) is 15.0. The third-order valence-corrected chi connectivity index (χ3v) is 6.46. The quantitative estimate of drug-likeness (QED) is 0.303. The highest BCUT2D eigenvalue weighted by Gasteiger charge is 2.38. The number of esters is 1. The molecule has 2 heterocycles. The van der Waals surface area contributed by atoms with Crippen molar-refractivity contribution in [2.45, 2.75) is 27.7 Å². The zero-order valence-corrected chi connectivity index (χ0v) is 21.1. The van der Waals surface area contributed by atoms with Crippen LogP contribution in [0.1, 0.15) is 29.4 Å². The number of anilines is 1. The smallest absolute Gasteiger partial charge is 0.340 e. The summed E-state index contributed by atoms with van der Waals surface area (Å²) in [6, 6.07) is 15.0. The van der Waals surface area contributed by atoms with Crippen LogP contribution in [0.5, 0.6) is 0 Å². The molecule has 2 aromatic carbocycles. The highest BCUT2D eigenvalue weighted by atomic mass is 35.5. The number of carbonyl (C=O) groups is 2. The Hall–Kier alpha value is -3.28. The number of ether oxygens (including phenoxy) is 1. The lowest BCUT2D eigenvalue weighted by atomic mass is 10.0. The van der Waals surface area contributed by atoms with Gasteiger partial charge in [0.25, 0.3) is 5.91 Å². The Morgan fingerprint density at radius 3 is 2.24 bits per heavy atom. The molecule has 0 saturated heterocycles. The van der Waals surface area contributed by atoms with Crippen molar-refractivity contribution in [2.24, 2.45) is 0 Å². The van der Waals surface area contributed by atoms with E-state index in [0.717, 1.165) is 28.2 Å². The lowest BCUT2D eigenvalue weighted by molar-refractivity contribution is -0.136. The standard InChI is InChI=1S/C27H24Cl2N2O3/c1-15-8-6-7-9-24(15)30-16(2)10-19(17(30)3)11-23-25(27(33)34-5)18(4)31(26(23)32)22-13-20(28)12-21(29)14-22/h6-14H,1-5H3/b23-11-. The van der Waals surface area contributed by atoms with Gasteiger partial charge in [-0.15, -0.1) is 0 Å². The Labute approximate surface area is 208 Å². The molecule has 0 saturated carbocycles.